The summed E-state index contributed by atoms with van der Waals surface area (Å²) in [6.45, 7) is 3.24. The van der Waals surface area contributed by atoms with Crippen LogP contribution in [0, 0.1) is 19.7 Å². The first-order chi connectivity index (χ1) is 5.16. The first-order valence-electron chi connectivity index (χ1n) is 3.23. The molecule has 0 aliphatic heterocycles. The molecule has 0 unspecified atom stereocenters. The molecule has 1 heterocycles. The zero-order valence-corrected chi connectivity index (χ0v) is 6.39. The number of carbonyl (C=O) groups is 1. The normalized spacial score (nSPS) is 9.73. The standard InChI is InChI=1S/C8H8FNO/c1-5-7(4-11)6(2)10-3-8(5)9/h3-4H,1-2H3. The molecule has 0 N–H and O–H groups in total. The maximum Gasteiger partial charge on any atom is 0.152 e. The summed E-state index contributed by atoms with van der Waals surface area (Å²) in [5.41, 5.74) is 1.29. The molecule has 1 aromatic rings. The third-order valence-corrected chi connectivity index (χ3v) is 1.64. The van der Waals surface area contributed by atoms with Gasteiger partial charge in [0.2, 0.25) is 0 Å². The lowest BCUT2D eigenvalue weighted by molar-refractivity contribution is 0.112. The Morgan fingerprint density at radius 1 is 1.55 bits per heavy atom. The maximum atomic E-state index is 12.7. The third-order valence-electron chi connectivity index (χ3n) is 1.64. The minimum atomic E-state index is -0.433. The van der Waals surface area contributed by atoms with Crippen LogP contribution in [0.25, 0.3) is 0 Å². The smallest absolute Gasteiger partial charge is 0.152 e. The molecule has 0 saturated carbocycles. The number of hydrogen-bond acceptors (Lipinski definition) is 2. The summed E-state index contributed by atoms with van der Waals surface area (Å²) in [7, 11) is 0. The Hall–Kier alpha value is -1.25. The molecule has 3 heteroatoms. The molecule has 58 valence electrons. The summed E-state index contributed by atoms with van der Waals surface area (Å²) >= 11 is 0. The molecule has 0 amide bonds. The van der Waals surface area contributed by atoms with Gasteiger partial charge in [0.15, 0.2) is 6.29 Å². The number of hydrogen-bond donors (Lipinski definition) is 0. The van der Waals surface area contributed by atoms with Crippen molar-refractivity contribution in [2.24, 2.45) is 0 Å². The molecule has 2 nitrogen and oxygen atoms in total. The van der Waals surface area contributed by atoms with Crippen LogP contribution >= 0.6 is 0 Å². The second-order valence-corrected chi connectivity index (χ2v) is 2.35. The van der Waals surface area contributed by atoms with E-state index in [9.17, 15) is 9.18 Å². The predicted molar refractivity (Wildman–Crippen MR) is 39.1 cm³/mol. The number of pyridine rings is 1. The lowest BCUT2D eigenvalue weighted by atomic mass is 10.1. The fraction of sp³-hybridized carbons (Fsp3) is 0.250. The van der Waals surface area contributed by atoms with Crippen molar-refractivity contribution in [3.63, 3.8) is 0 Å². The van der Waals surface area contributed by atoms with Gasteiger partial charge in [-0.2, -0.15) is 0 Å². The van der Waals surface area contributed by atoms with Gasteiger partial charge in [-0.15, -0.1) is 0 Å². The number of nitrogens with zero attached hydrogens (tertiary/aromatic N) is 1. The van der Waals surface area contributed by atoms with Gasteiger partial charge in [0.1, 0.15) is 5.82 Å². The van der Waals surface area contributed by atoms with Crippen molar-refractivity contribution in [2.45, 2.75) is 13.8 Å². The highest BCUT2D eigenvalue weighted by Crippen LogP contribution is 2.11. The molecule has 0 atom stereocenters. The minimum Gasteiger partial charge on any atom is -0.298 e. The Bertz CT molecular complexity index is 296. The van der Waals surface area contributed by atoms with E-state index in [1.165, 1.54) is 0 Å². The molecule has 0 saturated heterocycles. The Balaban J connectivity index is 3.40. The Labute approximate surface area is 64.1 Å². The summed E-state index contributed by atoms with van der Waals surface area (Å²) < 4.78 is 12.7. The molecule has 0 bridgehead atoms. The van der Waals surface area contributed by atoms with E-state index in [0.717, 1.165) is 6.20 Å². The average molecular weight is 153 g/mol. The van der Waals surface area contributed by atoms with Crippen LogP contribution in [0.1, 0.15) is 21.6 Å². The summed E-state index contributed by atoms with van der Waals surface area (Å²) in [6.07, 6.45) is 1.75. The Morgan fingerprint density at radius 2 is 2.18 bits per heavy atom. The van der Waals surface area contributed by atoms with E-state index >= 15 is 0 Å². The van der Waals surface area contributed by atoms with E-state index in [2.05, 4.69) is 4.98 Å². The summed E-state index contributed by atoms with van der Waals surface area (Å²) in [6, 6.07) is 0. The molecule has 1 aromatic heterocycles. The van der Waals surface area contributed by atoms with E-state index in [1.807, 2.05) is 0 Å². The SMILES string of the molecule is Cc1ncc(F)c(C)c1C=O. The van der Waals surface area contributed by atoms with Crippen LogP contribution in [-0.2, 0) is 0 Å². The fourth-order valence-corrected chi connectivity index (χ4v) is 0.894. The topological polar surface area (TPSA) is 30.0 Å². The molecule has 11 heavy (non-hydrogen) atoms. The van der Waals surface area contributed by atoms with Crippen molar-refractivity contribution in [3.05, 3.63) is 28.8 Å². The van der Waals surface area contributed by atoms with Gasteiger partial charge >= 0.3 is 0 Å². The van der Waals surface area contributed by atoms with Gasteiger partial charge in [-0.25, -0.2) is 4.39 Å². The molecular formula is C8H8FNO. The summed E-state index contributed by atoms with van der Waals surface area (Å²) in [5, 5.41) is 0. The minimum absolute atomic E-state index is 0.352. The van der Waals surface area contributed by atoms with Gasteiger partial charge in [0.05, 0.1) is 6.20 Å². The predicted octanol–water partition coefficient (Wildman–Crippen LogP) is 1.65. The van der Waals surface area contributed by atoms with Gasteiger partial charge in [0, 0.05) is 11.3 Å². The molecular weight excluding hydrogens is 145 g/mol. The van der Waals surface area contributed by atoms with E-state index in [-0.39, 0.29) is 0 Å². The highest BCUT2D eigenvalue weighted by Gasteiger charge is 2.06. The van der Waals surface area contributed by atoms with E-state index in [1.54, 1.807) is 13.8 Å². The lowest BCUT2D eigenvalue weighted by Gasteiger charge is -2.01. The van der Waals surface area contributed by atoms with Crippen molar-refractivity contribution < 1.29 is 9.18 Å². The second kappa shape index (κ2) is 2.78. The van der Waals surface area contributed by atoms with Crippen LogP contribution < -0.4 is 0 Å². The number of aryl methyl sites for hydroxylation is 1. The zero-order valence-electron chi connectivity index (χ0n) is 6.39. The van der Waals surface area contributed by atoms with Crippen molar-refractivity contribution in [1.82, 2.24) is 4.98 Å². The van der Waals surface area contributed by atoms with Crippen molar-refractivity contribution in [2.75, 3.05) is 0 Å². The first-order valence-corrected chi connectivity index (χ1v) is 3.23. The third kappa shape index (κ3) is 1.27. The van der Waals surface area contributed by atoms with Crippen molar-refractivity contribution in [1.29, 1.82) is 0 Å². The molecule has 1 rings (SSSR count). The highest BCUT2D eigenvalue weighted by molar-refractivity contribution is 5.78. The van der Waals surface area contributed by atoms with E-state index < -0.39 is 5.82 Å². The van der Waals surface area contributed by atoms with E-state index in [0.29, 0.717) is 23.1 Å². The highest BCUT2D eigenvalue weighted by atomic mass is 19.1. The molecule has 0 aliphatic rings. The van der Waals surface area contributed by atoms with Crippen LogP contribution in [0.5, 0.6) is 0 Å². The molecule has 0 radical (unpaired) electrons. The lowest BCUT2D eigenvalue weighted by Crippen LogP contribution is -1.97. The van der Waals surface area contributed by atoms with Crippen LogP contribution in [-0.4, -0.2) is 11.3 Å². The first kappa shape index (κ1) is 7.85. The van der Waals surface area contributed by atoms with Crippen LogP contribution in [0.2, 0.25) is 0 Å². The molecule has 0 aromatic carbocycles. The average Bonchev–Trinajstić information content (AvgIpc) is 1.99. The molecule has 0 aliphatic carbocycles. The van der Waals surface area contributed by atoms with Gasteiger partial charge in [0.25, 0.3) is 0 Å². The maximum absolute atomic E-state index is 12.7. The number of halogens is 1. The number of carbonyl (C=O) groups excluding carboxylic acids is 1. The molecule has 0 spiro atoms. The summed E-state index contributed by atoms with van der Waals surface area (Å²) in [5.74, 6) is -0.433. The van der Waals surface area contributed by atoms with Crippen LogP contribution in [0.4, 0.5) is 4.39 Å². The van der Waals surface area contributed by atoms with Gasteiger partial charge in [-0.3, -0.25) is 9.78 Å². The number of aldehydes is 1. The Kier molecular flexibility index (Phi) is 1.98. The quantitative estimate of drug-likeness (QED) is 0.574. The van der Waals surface area contributed by atoms with Gasteiger partial charge in [-0.05, 0) is 19.4 Å². The van der Waals surface area contributed by atoms with Crippen molar-refractivity contribution in [3.8, 4) is 0 Å². The Morgan fingerprint density at radius 3 is 2.64 bits per heavy atom. The van der Waals surface area contributed by atoms with E-state index in [4.69, 9.17) is 0 Å². The summed E-state index contributed by atoms with van der Waals surface area (Å²) in [4.78, 5) is 14.1. The largest absolute Gasteiger partial charge is 0.298 e. The van der Waals surface area contributed by atoms with Gasteiger partial charge < -0.3 is 0 Å². The van der Waals surface area contributed by atoms with Crippen LogP contribution in [0.3, 0.4) is 0 Å². The van der Waals surface area contributed by atoms with Crippen LogP contribution in [0.15, 0.2) is 6.20 Å². The molecule has 0 fully saturated rings. The number of aromatic nitrogens is 1. The number of rotatable bonds is 1. The van der Waals surface area contributed by atoms with Gasteiger partial charge in [-0.1, -0.05) is 0 Å². The second-order valence-electron chi connectivity index (χ2n) is 2.35. The zero-order chi connectivity index (χ0) is 8.43. The van der Waals surface area contributed by atoms with Crippen molar-refractivity contribution >= 4 is 6.29 Å². The fourth-order valence-electron chi connectivity index (χ4n) is 0.894. The monoisotopic (exact) mass is 153 g/mol.